The monoisotopic (exact) mass is 379 g/mol. The van der Waals surface area contributed by atoms with Crippen molar-refractivity contribution in [3.05, 3.63) is 34.9 Å². The SMILES string of the molecule is O=C(Nc1ccn(C2OC(CO)CC2O)c(=O)n1)OC1/C=C/CCCCC1. The van der Waals surface area contributed by atoms with Gasteiger partial charge in [-0.2, -0.15) is 4.98 Å². The Morgan fingerprint density at radius 3 is 3.00 bits per heavy atom. The lowest BCUT2D eigenvalue weighted by molar-refractivity contribution is -0.0529. The van der Waals surface area contributed by atoms with Crippen LogP contribution in [0.4, 0.5) is 10.6 Å². The molecule has 9 nitrogen and oxygen atoms in total. The molecule has 27 heavy (non-hydrogen) atoms. The highest BCUT2D eigenvalue weighted by atomic mass is 16.6. The van der Waals surface area contributed by atoms with Gasteiger partial charge in [-0.05, 0) is 37.8 Å². The number of carbonyl (C=O) groups excluding carboxylic acids is 1. The Morgan fingerprint density at radius 2 is 2.26 bits per heavy atom. The molecule has 2 heterocycles. The van der Waals surface area contributed by atoms with Crippen LogP contribution in [0.15, 0.2) is 29.2 Å². The first-order valence-corrected chi connectivity index (χ1v) is 9.24. The Balaban J connectivity index is 1.61. The summed E-state index contributed by atoms with van der Waals surface area (Å²) < 4.78 is 11.9. The number of amides is 1. The van der Waals surface area contributed by atoms with Crippen LogP contribution in [-0.4, -0.2) is 50.8 Å². The molecule has 148 valence electrons. The fourth-order valence-electron chi connectivity index (χ4n) is 3.27. The normalized spacial score (nSPS) is 29.6. The van der Waals surface area contributed by atoms with Crippen LogP contribution >= 0.6 is 0 Å². The molecular formula is C18H25N3O6. The third-order valence-electron chi connectivity index (χ3n) is 4.67. The lowest BCUT2D eigenvalue weighted by Crippen LogP contribution is -2.32. The number of carbonyl (C=O) groups is 1. The van der Waals surface area contributed by atoms with Gasteiger partial charge in [-0.3, -0.25) is 9.88 Å². The van der Waals surface area contributed by atoms with Crippen molar-refractivity contribution in [1.29, 1.82) is 0 Å². The second-order valence-electron chi connectivity index (χ2n) is 6.77. The molecule has 2 aliphatic rings. The molecule has 1 aliphatic heterocycles. The average Bonchev–Trinajstić information content (AvgIpc) is 2.98. The summed E-state index contributed by atoms with van der Waals surface area (Å²) in [4.78, 5) is 28.1. The molecule has 1 aliphatic carbocycles. The Hall–Kier alpha value is -2.23. The maximum atomic E-state index is 12.2. The molecule has 0 saturated carbocycles. The number of allylic oxidation sites excluding steroid dienone is 1. The van der Waals surface area contributed by atoms with Crippen LogP contribution in [0.25, 0.3) is 0 Å². The van der Waals surface area contributed by atoms with Gasteiger partial charge in [0.15, 0.2) is 6.23 Å². The number of hydrogen-bond acceptors (Lipinski definition) is 7. The zero-order valence-electron chi connectivity index (χ0n) is 15.0. The lowest BCUT2D eigenvalue weighted by atomic mass is 10.0. The van der Waals surface area contributed by atoms with E-state index in [0.717, 1.165) is 36.7 Å². The molecular weight excluding hydrogens is 354 g/mol. The van der Waals surface area contributed by atoms with Gasteiger partial charge in [0.05, 0.1) is 12.7 Å². The van der Waals surface area contributed by atoms with E-state index >= 15 is 0 Å². The Labute approximate surface area is 156 Å². The van der Waals surface area contributed by atoms with Crippen molar-refractivity contribution in [3.63, 3.8) is 0 Å². The molecule has 1 fully saturated rings. The highest BCUT2D eigenvalue weighted by Gasteiger charge is 2.35. The average molecular weight is 379 g/mol. The van der Waals surface area contributed by atoms with Crippen LogP contribution in [0.3, 0.4) is 0 Å². The predicted octanol–water partition coefficient (Wildman–Crippen LogP) is 1.32. The molecule has 3 N–H and O–H groups in total. The number of aromatic nitrogens is 2. The van der Waals surface area contributed by atoms with Gasteiger partial charge in [0.25, 0.3) is 0 Å². The number of nitrogens with one attached hydrogen (secondary N) is 1. The molecule has 3 rings (SSSR count). The van der Waals surface area contributed by atoms with Crippen LogP contribution in [-0.2, 0) is 9.47 Å². The third kappa shape index (κ3) is 5.15. The van der Waals surface area contributed by atoms with Gasteiger partial charge in [0, 0.05) is 12.6 Å². The summed E-state index contributed by atoms with van der Waals surface area (Å²) in [5, 5.41) is 21.6. The molecule has 4 unspecified atom stereocenters. The molecule has 0 bridgehead atoms. The van der Waals surface area contributed by atoms with E-state index in [1.165, 1.54) is 12.3 Å². The summed E-state index contributed by atoms with van der Waals surface area (Å²) in [6.07, 6.45) is 7.19. The lowest BCUT2D eigenvalue weighted by Gasteiger charge is -2.18. The molecule has 1 saturated heterocycles. The van der Waals surface area contributed by atoms with Crippen LogP contribution in [0, 0.1) is 0 Å². The Kier molecular flexibility index (Phi) is 6.59. The summed E-state index contributed by atoms with van der Waals surface area (Å²) in [5.74, 6) is 0.0577. The quantitative estimate of drug-likeness (QED) is 0.674. The van der Waals surface area contributed by atoms with E-state index in [2.05, 4.69) is 10.3 Å². The van der Waals surface area contributed by atoms with Crippen LogP contribution in [0.2, 0.25) is 0 Å². The minimum absolute atomic E-state index is 0.0577. The largest absolute Gasteiger partial charge is 0.442 e. The van der Waals surface area contributed by atoms with Crippen molar-refractivity contribution in [2.24, 2.45) is 0 Å². The van der Waals surface area contributed by atoms with Gasteiger partial charge in [0.2, 0.25) is 0 Å². The summed E-state index contributed by atoms with van der Waals surface area (Å²) in [6, 6.07) is 1.43. The van der Waals surface area contributed by atoms with Crippen molar-refractivity contribution >= 4 is 11.9 Å². The van der Waals surface area contributed by atoms with Crippen molar-refractivity contribution < 1.29 is 24.5 Å². The van der Waals surface area contributed by atoms with Crippen molar-refractivity contribution in [3.8, 4) is 0 Å². The first kappa shape index (κ1) is 19.5. The van der Waals surface area contributed by atoms with E-state index in [9.17, 15) is 14.7 Å². The van der Waals surface area contributed by atoms with Gasteiger partial charge in [-0.15, -0.1) is 0 Å². The van der Waals surface area contributed by atoms with Crippen molar-refractivity contribution in [2.75, 3.05) is 11.9 Å². The number of aliphatic hydroxyl groups excluding tert-OH is 2. The molecule has 9 heteroatoms. The second kappa shape index (κ2) is 9.12. The molecule has 0 spiro atoms. The highest BCUT2D eigenvalue weighted by Crippen LogP contribution is 2.27. The van der Waals surface area contributed by atoms with E-state index < -0.39 is 30.2 Å². The Morgan fingerprint density at radius 1 is 1.41 bits per heavy atom. The van der Waals surface area contributed by atoms with Crippen molar-refractivity contribution in [2.45, 2.75) is 63.1 Å². The summed E-state index contributed by atoms with van der Waals surface area (Å²) in [6.45, 7) is -0.239. The first-order chi connectivity index (χ1) is 13.1. The van der Waals surface area contributed by atoms with E-state index in [1.807, 2.05) is 12.2 Å². The van der Waals surface area contributed by atoms with Crippen LogP contribution < -0.4 is 11.0 Å². The van der Waals surface area contributed by atoms with Crippen molar-refractivity contribution in [1.82, 2.24) is 9.55 Å². The topological polar surface area (TPSA) is 123 Å². The van der Waals surface area contributed by atoms with Gasteiger partial charge >= 0.3 is 11.8 Å². The molecule has 0 aromatic carbocycles. The number of nitrogens with zero attached hydrogens (tertiary/aromatic N) is 2. The van der Waals surface area contributed by atoms with Gasteiger partial charge in [0.1, 0.15) is 18.0 Å². The second-order valence-corrected chi connectivity index (χ2v) is 6.77. The standard InChI is InChI=1S/C18H25N3O6/c22-11-13-10-14(23)16(26-13)21-9-8-15(19-17(21)24)20-18(25)27-12-6-4-2-1-3-5-7-12/h4,6,8-9,12-14,16,22-23H,1-3,5,7,10-11H2,(H,19,20,24,25)/b6-4+. The van der Waals surface area contributed by atoms with E-state index in [4.69, 9.17) is 14.6 Å². The zero-order chi connectivity index (χ0) is 19.2. The molecule has 1 amide bonds. The van der Waals surface area contributed by atoms with Gasteiger partial charge < -0.3 is 19.7 Å². The number of aliphatic hydroxyl groups is 2. The van der Waals surface area contributed by atoms with E-state index in [0.29, 0.717) is 0 Å². The van der Waals surface area contributed by atoms with Crippen LogP contribution in [0.5, 0.6) is 0 Å². The maximum absolute atomic E-state index is 12.2. The number of anilines is 1. The van der Waals surface area contributed by atoms with E-state index in [1.54, 1.807) is 0 Å². The summed E-state index contributed by atoms with van der Waals surface area (Å²) >= 11 is 0. The molecule has 1 aromatic heterocycles. The van der Waals surface area contributed by atoms with Gasteiger partial charge in [-0.1, -0.05) is 12.5 Å². The minimum atomic E-state index is -0.920. The Bertz CT molecular complexity index is 734. The van der Waals surface area contributed by atoms with Gasteiger partial charge in [-0.25, -0.2) is 9.59 Å². The first-order valence-electron chi connectivity index (χ1n) is 9.24. The van der Waals surface area contributed by atoms with E-state index in [-0.39, 0.29) is 24.9 Å². The highest BCUT2D eigenvalue weighted by molar-refractivity contribution is 5.83. The predicted molar refractivity (Wildman–Crippen MR) is 96.2 cm³/mol. The summed E-state index contributed by atoms with van der Waals surface area (Å²) in [5.41, 5.74) is -0.679. The smallest absolute Gasteiger partial charge is 0.413 e. The number of ether oxygens (including phenoxy) is 2. The fourth-order valence-corrected chi connectivity index (χ4v) is 3.27. The third-order valence-corrected chi connectivity index (χ3v) is 4.67. The molecule has 0 radical (unpaired) electrons. The maximum Gasteiger partial charge on any atom is 0.413 e. The zero-order valence-corrected chi connectivity index (χ0v) is 15.0. The number of rotatable bonds is 4. The molecule has 1 aromatic rings. The fraction of sp³-hybridized carbons (Fsp3) is 0.611. The summed E-state index contributed by atoms with van der Waals surface area (Å²) in [7, 11) is 0. The van der Waals surface area contributed by atoms with Crippen LogP contribution in [0.1, 0.15) is 44.8 Å². The molecule has 4 atom stereocenters. The minimum Gasteiger partial charge on any atom is -0.442 e. The number of hydrogen-bond donors (Lipinski definition) is 3.